The fourth-order valence-corrected chi connectivity index (χ4v) is 8.07. The van der Waals surface area contributed by atoms with Gasteiger partial charge in [0.25, 0.3) is 6.47 Å². The Morgan fingerprint density at radius 1 is 1.24 bits per heavy atom. The van der Waals surface area contributed by atoms with Gasteiger partial charge < -0.3 is 24.1 Å². The van der Waals surface area contributed by atoms with Crippen molar-refractivity contribution in [3.05, 3.63) is 0 Å². The Bertz CT molecular complexity index is 818. The molecule has 8 heteroatoms. The number of carbonyl (C=O) groups is 3. The van der Waals surface area contributed by atoms with Crippen LogP contribution >= 0.6 is 0 Å². The summed E-state index contributed by atoms with van der Waals surface area (Å²) in [7, 11) is 0. The van der Waals surface area contributed by atoms with Crippen molar-refractivity contribution in [1.82, 2.24) is 0 Å². The van der Waals surface area contributed by atoms with Gasteiger partial charge in [-0.1, -0.05) is 27.7 Å². The number of fused-ring (bicyclic) bond motifs is 1. The average molecular weight is 408 g/mol. The van der Waals surface area contributed by atoms with Gasteiger partial charge in [0.15, 0.2) is 5.60 Å². The van der Waals surface area contributed by atoms with Gasteiger partial charge in [0.2, 0.25) is 11.9 Å². The summed E-state index contributed by atoms with van der Waals surface area (Å²) in [6.45, 7) is 10.2. The Morgan fingerprint density at radius 3 is 2.52 bits per heavy atom. The molecule has 2 aliphatic carbocycles. The predicted octanol–water partition coefficient (Wildman–Crippen LogP) is 1.32. The molecule has 0 radical (unpaired) electrons. The van der Waals surface area contributed by atoms with Crippen LogP contribution in [0.5, 0.6) is 0 Å². The van der Waals surface area contributed by atoms with Crippen molar-refractivity contribution in [3.8, 4) is 0 Å². The van der Waals surface area contributed by atoms with Crippen molar-refractivity contribution >= 4 is 18.4 Å². The molecule has 9 atom stereocenters. The van der Waals surface area contributed by atoms with Crippen LogP contribution in [0.2, 0.25) is 0 Å². The summed E-state index contributed by atoms with van der Waals surface area (Å²) in [5.41, 5.74) is -5.57. The van der Waals surface area contributed by atoms with Crippen molar-refractivity contribution in [3.63, 3.8) is 0 Å². The third-order valence-corrected chi connectivity index (χ3v) is 8.97. The zero-order valence-electron chi connectivity index (χ0n) is 17.4. The third-order valence-electron chi connectivity index (χ3n) is 8.97. The Morgan fingerprint density at radius 2 is 1.93 bits per heavy atom. The summed E-state index contributed by atoms with van der Waals surface area (Å²) in [6.07, 6.45) is -0.984. The quantitative estimate of drug-likeness (QED) is 0.423. The van der Waals surface area contributed by atoms with Crippen LogP contribution in [0, 0.1) is 28.1 Å². The largest absolute Gasteiger partial charge is 0.459 e. The minimum Gasteiger partial charge on any atom is -0.459 e. The lowest BCUT2D eigenvalue weighted by atomic mass is 9.52. The molecule has 3 saturated heterocycles. The lowest BCUT2D eigenvalue weighted by Gasteiger charge is -2.48. The molecule has 1 N–H and O–H groups in total. The standard InChI is InChI=1S/C21H28O8/c1-6-18-11(17(3,4)5)7-12-19(18)8-13-20(25,10(2)14(23)27-13)21(19,15(24)28-12)29-16(18)26-9-22/h9-13,16,25H,6-8H2,1-5H3/t10-,11+,12?,13?,16?,18?,19?,20-,21?/m1/s1. The molecule has 0 aromatic carbocycles. The maximum atomic E-state index is 13.4. The Balaban J connectivity index is 1.82. The summed E-state index contributed by atoms with van der Waals surface area (Å²) < 4.78 is 23.2. The number of hydrogen-bond donors (Lipinski definition) is 1. The minimum absolute atomic E-state index is 0.00152. The lowest BCUT2D eigenvalue weighted by molar-refractivity contribution is -0.246. The smallest absolute Gasteiger partial charge is 0.342 e. The fourth-order valence-electron chi connectivity index (χ4n) is 8.07. The Kier molecular flexibility index (Phi) is 3.42. The molecule has 0 amide bonds. The molecule has 3 aliphatic heterocycles. The number of hydrogen-bond acceptors (Lipinski definition) is 8. The van der Waals surface area contributed by atoms with Crippen LogP contribution in [0.15, 0.2) is 0 Å². The van der Waals surface area contributed by atoms with Gasteiger partial charge in [-0.25, -0.2) is 4.79 Å². The molecule has 5 aliphatic rings. The first-order chi connectivity index (χ1) is 13.5. The van der Waals surface area contributed by atoms with Gasteiger partial charge in [-0.3, -0.25) is 9.59 Å². The summed E-state index contributed by atoms with van der Waals surface area (Å²) >= 11 is 0. The van der Waals surface area contributed by atoms with E-state index >= 15 is 0 Å². The van der Waals surface area contributed by atoms with Crippen molar-refractivity contribution in [1.29, 1.82) is 0 Å². The number of carbonyl (C=O) groups excluding carboxylic acids is 3. The van der Waals surface area contributed by atoms with Crippen molar-refractivity contribution < 1.29 is 38.4 Å². The van der Waals surface area contributed by atoms with E-state index in [2.05, 4.69) is 20.8 Å². The van der Waals surface area contributed by atoms with Crippen molar-refractivity contribution in [2.45, 2.75) is 83.6 Å². The summed E-state index contributed by atoms with van der Waals surface area (Å²) in [5.74, 6) is -2.21. The second kappa shape index (κ2) is 5.14. The van der Waals surface area contributed by atoms with E-state index in [1.165, 1.54) is 0 Å². The molecule has 5 rings (SSSR count). The van der Waals surface area contributed by atoms with Crippen LogP contribution in [-0.4, -0.2) is 53.2 Å². The SMILES string of the molecule is CCC12C(OC=O)OC34C(=O)OC(C[C@H]1C(C)(C)C)C23CC1OC(=O)[C@@H](C)[C@@]14O. The molecular weight excluding hydrogens is 380 g/mol. The van der Waals surface area contributed by atoms with Gasteiger partial charge in [-0.15, -0.1) is 0 Å². The second-order valence-electron chi connectivity index (χ2n) is 10.5. The molecule has 5 fully saturated rings. The van der Waals surface area contributed by atoms with Crippen LogP contribution in [0.25, 0.3) is 0 Å². The number of ether oxygens (including phenoxy) is 4. The number of esters is 2. The number of rotatable bonds is 3. The van der Waals surface area contributed by atoms with E-state index in [1.807, 2.05) is 6.92 Å². The van der Waals surface area contributed by atoms with E-state index in [4.69, 9.17) is 18.9 Å². The number of aliphatic hydroxyl groups is 1. The van der Waals surface area contributed by atoms with E-state index in [0.717, 1.165) is 0 Å². The molecule has 8 nitrogen and oxygen atoms in total. The monoisotopic (exact) mass is 408 g/mol. The molecular formula is C21H28O8. The molecule has 0 aromatic rings. The summed E-state index contributed by atoms with van der Waals surface area (Å²) in [4.78, 5) is 37.2. The van der Waals surface area contributed by atoms with Crippen LogP contribution in [-0.2, 0) is 33.3 Å². The highest BCUT2D eigenvalue weighted by molar-refractivity contribution is 5.92. The lowest BCUT2D eigenvalue weighted by Crippen LogP contribution is -2.65. The zero-order valence-corrected chi connectivity index (χ0v) is 17.4. The van der Waals surface area contributed by atoms with Crippen LogP contribution in [0.4, 0.5) is 0 Å². The van der Waals surface area contributed by atoms with Gasteiger partial charge in [0.05, 0.1) is 11.3 Å². The highest BCUT2D eigenvalue weighted by Crippen LogP contribution is 2.83. The Labute approximate surface area is 169 Å². The van der Waals surface area contributed by atoms with Gasteiger partial charge in [0, 0.05) is 11.8 Å². The maximum absolute atomic E-state index is 13.4. The molecule has 29 heavy (non-hydrogen) atoms. The van der Waals surface area contributed by atoms with Gasteiger partial charge in [-0.05, 0) is 31.1 Å². The predicted molar refractivity (Wildman–Crippen MR) is 96.0 cm³/mol. The molecule has 0 aromatic heterocycles. The van der Waals surface area contributed by atoms with E-state index in [9.17, 15) is 19.5 Å². The van der Waals surface area contributed by atoms with Gasteiger partial charge >= 0.3 is 11.9 Å². The zero-order chi connectivity index (χ0) is 21.2. The normalized spacial score (nSPS) is 54.6. The second-order valence-corrected chi connectivity index (χ2v) is 10.5. The van der Waals surface area contributed by atoms with Crippen LogP contribution < -0.4 is 0 Å². The minimum atomic E-state index is -1.87. The molecule has 3 heterocycles. The van der Waals surface area contributed by atoms with Crippen LogP contribution in [0.3, 0.4) is 0 Å². The fraction of sp³-hybridized carbons (Fsp3) is 0.857. The first kappa shape index (κ1) is 19.3. The van der Waals surface area contributed by atoms with Crippen molar-refractivity contribution in [2.24, 2.45) is 28.1 Å². The highest BCUT2D eigenvalue weighted by atomic mass is 16.7. The van der Waals surface area contributed by atoms with Gasteiger partial charge in [0.1, 0.15) is 12.2 Å². The molecule has 2 saturated carbocycles. The average Bonchev–Trinajstić information content (AvgIpc) is 3.28. The molecule has 160 valence electrons. The highest BCUT2D eigenvalue weighted by Gasteiger charge is 2.98. The maximum Gasteiger partial charge on any atom is 0.342 e. The first-order valence-electron chi connectivity index (χ1n) is 10.4. The topological polar surface area (TPSA) is 108 Å². The summed E-state index contributed by atoms with van der Waals surface area (Å²) in [6, 6.07) is 0. The van der Waals surface area contributed by atoms with Crippen molar-refractivity contribution in [2.75, 3.05) is 0 Å². The van der Waals surface area contributed by atoms with E-state index in [0.29, 0.717) is 19.3 Å². The third kappa shape index (κ3) is 1.58. The van der Waals surface area contributed by atoms with E-state index in [1.54, 1.807) is 6.92 Å². The molecule has 6 unspecified atom stereocenters. The van der Waals surface area contributed by atoms with Gasteiger partial charge in [-0.2, -0.15) is 0 Å². The first-order valence-corrected chi connectivity index (χ1v) is 10.4. The molecule has 1 spiro atoms. The van der Waals surface area contributed by atoms with Crippen LogP contribution in [0.1, 0.15) is 53.9 Å². The van der Waals surface area contributed by atoms with E-state index in [-0.39, 0.29) is 17.8 Å². The summed E-state index contributed by atoms with van der Waals surface area (Å²) in [5, 5.41) is 11.9. The van der Waals surface area contributed by atoms with E-state index < -0.39 is 58.4 Å². The Hall–Kier alpha value is -1.67. The molecule has 0 bridgehead atoms.